The fourth-order valence-corrected chi connectivity index (χ4v) is 4.91. The molecule has 0 bridgehead atoms. The smallest absolute Gasteiger partial charge is 0.304 e. The largest absolute Gasteiger partial charge is 0.489 e. The van der Waals surface area contributed by atoms with Crippen molar-refractivity contribution in [3.05, 3.63) is 86.6 Å². The van der Waals surface area contributed by atoms with Crippen LogP contribution in [-0.2, 0) is 37.3 Å². The Morgan fingerprint density at radius 1 is 1.09 bits per heavy atom. The molecular weight excluding hydrogens is 444 g/mol. The lowest BCUT2D eigenvalue weighted by atomic mass is 10.1. The average molecular weight is 471 g/mol. The lowest BCUT2D eigenvalue weighted by Gasteiger charge is -2.26. The Morgan fingerprint density at radius 3 is 2.71 bits per heavy atom. The highest BCUT2D eigenvalue weighted by atomic mass is 32.1. The minimum atomic E-state index is -0.820. The van der Waals surface area contributed by atoms with Crippen molar-refractivity contribution >= 4 is 17.3 Å². The Balaban J connectivity index is 1.27. The van der Waals surface area contributed by atoms with Gasteiger partial charge in [-0.1, -0.05) is 42.3 Å². The molecule has 0 aliphatic carbocycles. The minimum Gasteiger partial charge on any atom is -0.489 e. The monoisotopic (exact) mass is 470 g/mol. The molecule has 0 radical (unpaired) electrons. The van der Waals surface area contributed by atoms with E-state index in [-0.39, 0.29) is 6.42 Å². The van der Waals surface area contributed by atoms with Gasteiger partial charge in [0.1, 0.15) is 23.3 Å². The zero-order chi connectivity index (χ0) is 23.8. The molecule has 0 saturated carbocycles. The molecule has 0 fully saturated rings. The van der Waals surface area contributed by atoms with E-state index >= 15 is 0 Å². The Morgan fingerprint density at radius 2 is 1.91 bits per heavy atom. The number of benzene rings is 2. The Labute approximate surface area is 204 Å². The van der Waals surface area contributed by atoms with Gasteiger partial charge in [0.15, 0.2) is 0 Å². The molecule has 1 N–H and O–H groups in total. The van der Waals surface area contributed by atoms with E-state index in [1.807, 2.05) is 30.3 Å². The van der Waals surface area contributed by atoms with Crippen molar-refractivity contribution in [3.8, 4) is 23.7 Å². The molecule has 1 aromatic heterocycles. The molecule has 5 nitrogen and oxygen atoms in total. The number of ether oxygens (including phenoxy) is 1. The van der Waals surface area contributed by atoms with Gasteiger partial charge in [-0.2, -0.15) is 5.26 Å². The highest BCUT2D eigenvalue weighted by Crippen LogP contribution is 2.28. The van der Waals surface area contributed by atoms with Crippen LogP contribution in [-0.4, -0.2) is 22.5 Å². The number of nitrogens with zero attached hydrogens (tertiary/aromatic N) is 2. The summed E-state index contributed by atoms with van der Waals surface area (Å²) in [5.74, 6) is 5.89. The Kier molecular flexibility index (Phi) is 7.99. The van der Waals surface area contributed by atoms with Crippen LogP contribution < -0.4 is 4.74 Å². The molecule has 6 heteroatoms. The van der Waals surface area contributed by atoms with Crippen LogP contribution in [0.3, 0.4) is 0 Å². The third-order valence-electron chi connectivity index (χ3n) is 5.66. The van der Waals surface area contributed by atoms with Crippen molar-refractivity contribution in [1.29, 1.82) is 5.26 Å². The first kappa shape index (κ1) is 23.6. The fraction of sp³-hybridized carbons (Fsp3) is 0.286. The van der Waals surface area contributed by atoms with Crippen molar-refractivity contribution in [2.45, 2.75) is 45.4 Å². The van der Waals surface area contributed by atoms with E-state index in [9.17, 15) is 4.79 Å². The van der Waals surface area contributed by atoms with Gasteiger partial charge in [0, 0.05) is 37.4 Å². The number of carboxylic acids is 1. The van der Waals surface area contributed by atoms with Gasteiger partial charge in [0.05, 0.1) is 6.42 Å². The van der Waals surface area contributed by atoms with E-state index in [4.69, 9.17) is 15.1 Å². The van der Waals surface area contributed by atoms with E-state index in [0.717, 1.165) is 47.8 Å². The molecule has 4 rings (SSSR count). The second-order valence-electron chi connectivity index (χ2n) is 8.31. The summed E-state index contributed by atoms with van der Waals surface area (Å²) in [4.78, 5) is 15.1. The zero-order valence-corrected chi connectivity index (χ0v) is 19.7. The zero-order valence-electron chi connectivity index (χ0n) is 18.9. The van der Waals surface area contributed by atoms with Crippen LogP contribution in [0.2, 0.25) is 0 Å². The van der Waals surface area contributed by atoms with Gasteiger partial charge in [-0.3, -0.25) is 9.69 Å². The number of rotatable bonds is 8. The summed E-state index contributed by atoms with van der Waals surface area (Å²) in [6.45, 7) is 3.29. The number of aliphatic carboxylic acids is 1. The molecule has 3 aromatic rings. The standard InChI is InChI=1S/C28H26N2O3S/c29-17-26-16-24-19-30(14-13-27(24)34-26)18-22-6-4-7-23(15-22)20-33-25-11-9-21(10-12-25)5-2-1-3-8-28(31)32/h4,6-7,9-12,15-16H,3,5,8,13-14,18-20H2,(H,31,32). The van der Waals surface area contributed by atoms with E-state index in [1.54, 1.807) is 11.3 Å². The molecule has 2 aromatic carbocycles. The fourth-order valence-electron chi connectivity index (χ4n) is 3.95. The predicted octanol–water partition coefficient (Wildman–Crippen LogP) is 5.17. The number of carboxylic acid groups (broad SMARTS) is 1. The number of hydrogen-bond acceptors (Lipinski definition) is 5. The number of nitriles is 1. The summed E-state index contributed by atoms with van der Waals surface area (Å²) in [6, 6.07) is 20.7. The van der Waals surface area contributed by atoms with Crippen molar-refractivity contribution < 1.29 is 14.6 Å². The molecule has 172 valence electrons. The second-order valence-corrected chi connectivity index (χ2v) is 9.44. The average Bonchev–Trinajstić information content (AvgIpc) is 3.26. The molecule has 0 amide bonds. The maximum atomic E-state index is 10.5. The van der Waals surface area contributed by atoms with E-state index in [1.165, 1.54) is 16.0 Å². The van der Waals surface area contributed by atoms with Crippen LogP contribution >= 0.6 is 11.3 Å². The highest BCUT2D eigenvalue weighted by Gasteiger charge is 2.19. The third kappa shape index (κ3) is 6.71. The second kappa shape index (κ2) is 11.5. The molecule has 1 aliphatic rings. The lowest BCUT2D eigenvalue weighted by molar-refractivity contribution is -0.136. The molecule has 0 saturated heterocycles. The number of thiophene rings is 1. The minimum absolute atomic E-state index is 0.0811. The summed E-state index contributed by atoms with van der Waals surface area (Å²) >= 11 is 1.63. The van der Waals surface area contributed by atoms with Gasteiger partial charge < -0.3 is 9.84 Å². The van der Waals surface area contributed by atoms with Gasteiger partial charge in [-0.15, -0.1) is 17.3 Å². The summed E-state index contributed by atoms with van der Waals surface area (Å²) < 4.78 is 5.98. The number of hydrogen-bond donors (Lipinski definition) is 1. The SMILES string of the molecule is N#Cc1cc2c(s1)CCN(Cc1cccc(COc3ccc(CC#CCCC(=O)O)cc3)c1)C2. The quantitative estimate of drug-likeness (QED) is 0.460. The van der Waals surface area contributed by atoms with Gasteiger partial charge >= 0.3 is 5.97 Å². The lowest BCUT2D eigenvalue weighted by Crippen LogP contribution is -2.29. The summed E-state index contributed by atoms with van der Waals surface area (Å²) in [5, 5.41) is 17.8. The van der Waals surface area contributed by atoms with Crippen LogP contribution in [0.4, 0.5) is 0 Å². The molecule has 0 spiro atoms. The van der Waals surface area contributed by atoms with Crippen LogP contribution in [0.5, 0.6) is 5.75 Å². The maximum Gasteiger partial charge on any atom is 0.304 e. The Bertz CT molecular complexity index is 1250. The number of fused-ring (bicyclic) bond motifs is 1. The Hall–Kier alpha value is -3.58. The van der Waals surface area contributed by atoms with Crippen molar-refractivity contribution in [2.24, 2.45) is 0 Å². The van der Waals surface area contributed by atoms with Crippen molar-refractivity contribution in [2.75, 3.05) is 6.54 Å². The highest BCUT2D eigenvalue weighted by molar-refractivity contribution is 7.12. The number of carbonyl (C=O) groups is 1. The van der Waals surface area contributed by atoms with Gasteiger partial charge in [0.25, 0.3) is 0 Å². The van der Waals surface area contributed by atoms with Gasteiger partial charge in [0.2, 0.25) is 0 Å². The summed E-state index contributed by atoms with van der Waals surface area (Å²) in [5.41, 5.74) is 4.76. The third-order valence-corrected chi connectivity index (χ3v) is 6.81. The molecule has 2 heterocycles. The molecule has 0 unspecified atom stereocenters. The van der Waals surface area contributed by atoms with Gasteiger partial charge in [-0.25, -0.2) is 0 Å². The van der Waals surface area contributed by atoms with Crippen molar-refractivity contribution in [1.82, 2.24) is 4.90 Å². The first-order valence-corrected chi connectivity index (χ1v) is 12.1. The first-order valence-electron chi connectivity index (χ1n) is 11.3. The first-order chi connectivity index (χ1) is 16.6. The van der Waals surface area contributed by atoms with E-state index in [2.05, 4.69) is 47.1 Å². The molecular formula is C28H26N2O3S. The van der Waals surface area contributed by atoms with Crippen LogP contribution in [0.15, 0.2) is 54.6 Å². The summed E-state index contributed by atoms with van der Waals surface area (Å²) in [6.07, 6.45) is 2.07. The maximum absolute atomic E-state index is 10.5. The van der Waals surface area contributed by atoms with Gasteiger partial charge in [-0.05, 0) is 46.9 Å². The molecule has 1 aliphatic heterocycles. The predicted molar refractivity (Wildman–Crippen MR) is 132 cm³/mol. The molecule has 34 heavy (non-hydrogen) atoms. The van der Waals surface area contributed by atoms with E-state index in [0.29, 0.717) is 19.4 Å². The van der Waals surface area contributed by atoms with Crippen LogP contribution in [0, 0.1) is 23.2 Å². The van der Waals surface area contributed by atoms with Crippen LogP contribution in [0.1, 0.15) is 44.8 Å². The van der Waals surface area contributed by atoms with Crippen LogP contribution in [0.25, 0.3) is 0 Å². The van der Waals surface area contributed by atoms with E-state index < -0.39 is 5.97 Å². The normalized spacial score (nSPS) is 12.8. The topological polar surface area (TPSA) is 73.6 Å². The molecule has 0 atom stereocenters. The summed E-state index contributed by atoms with van der Waals surface area (Å²) in [7, 11) is 0. The van der Waals surface area contributed by atoms with Crippen molar-refractivity contribution in [3.63, 3.8) is 0 Å².